The Morgan fingerprint density at radius 3 is 2.69 bits per heavy atom. The van der Waals surface area contributed by atoms with Crippen molar-refractivity contribution in [1.29, 1.82) is 0 Å². The number of methoxy groups -OCH3 is 1. The van der Waals surface area contributed by atoms with Gasteiger partial charge in [0.1, 0.15) is 17.6 Å². The van der Waals surface area contributed by atoms with Crippen LogP contribution in [-0.4, -0.2) is 45.8 Å². The number of carbonyl (C=O) groups excluding carboxylic acids is 1. The van der Waals surface area contributed by atoms with Gasteiger partial charge in [-0.2, -0.15) is 0 Å². The van der Waals surface area contributed by atoms with Gasteiger partial charge in [0.15, 0.2) is 6.61 Å². The van der Waals surface area contributed by atoms with Crippen LogP contribution in [0.5, 0.6) is 11.5 Å². The lowest BCUT2D eigenvalue weighted by Gasteiger charge is -2.43. The summed E-state index contributed by atoms with van der Waals surface area (Å²) in [4.78, 5) is 14.4. The molecule has 4 atom stereocenters. The molecule has 1 unspecified atom stereocenters. The number of benzene rings is 2. The van der Waals surface area contributed by atoms with E-state index in [1.807, 2.05) is 49.4 Å². The molecule has 0 saturated heterocycles. The number of ether oxygens (including phenoxy) is 3. The second-order valence-electron chi connectivity index (χ2n) is 8.99. The number of halogens is 1. The van der Waals surface area contributed by atoms with Gasteiger partial charge < -0.3 is 23.4 Å². The molecule has 0 spiro atoms. The van der Waals surface area contributed by atoms with Crippen molar-refractivity contribution in [3.8, 4) is 11.5 Å². The average molecular weight is 460 g/mol. The Morgan fingerprint density at radius 2 is 2.00 bits per heavy atom. The Kier molecular flexibility index (Phi) is 6.29. The van der Waals surface area contributed by atoms with E-state index in [0.717, 1.165) is 5.56 Å². The summed E-state index contributed by atoms with van der Waals surface area (Å²) in [6, 6.07) is 13.0. The maximum absolute atomic E-state index is 15.1. The number of rotatable bonds is 6. The zero-order valence-electron chi connectivity index (χ0n) is 18.9. The number of para-hydroxylation sites is 2. The van der Waals surface area contributed by atoms with E-state index in [0.29, 0.717) is 29.3 Å². The Labute approximate surface area is 189 Å². The van der Waals surface area contributed by atoms with Gasteiger partial charge in [0.05, 0.1) is 11.8 Å². The van der Waals surface area contributed by atoms with Crippen LogP contribution in [0.3, 0.4) is 0 Å². The van der Waals surface area contributed by atoms with Gasteiger partial charge in [-0.1, -0.05) is 19.1 Å². The molecule has 32 heavy (non-hydrogen) atoms. The molecule has 2 heterocycles. The van der Waals surface area contributed by atoms with Gasteiger partial charge in [0, 0.05) is 36.4 Å². The number of anilines is 2. The second kappa shape index (κ2) is 8.84. The van der Waals surface area contributed by atoms with Gasteiger partial charge in [0.25, 0.3) is 5.91 Å². The van der Waals surface area contributed by atoms with E-state index in [2.05, 4.69) is 0 Å². The molecule has 0 bridgehead atoms. The summed E-state index contributed by atoms with van der Waals surface area (Å²) in [5.74, 6) is 0.988. The Balaban J connectivity index is 1.73. The number of aliphatic hydroxyl groups is 1. The summed E-state index contributed by atoms with van der Waals surface area (Å²) in [6.45, 7) is 5.19. The normalized spacial score (nSPS) is 23.6. The molecule has 4 rings (SSSR count). The molecule has 8 heteroatoms. The fraction of sp³-hybridized carbons (Fsp3) is 0.458. The third kappa shape index (κ3) is 4.02. The monoisotopic (exact) mass is 459 g/mol. The third-order valence-corrected chi connectivity index (χ3v) is 8.88. The predicted molar refractivity (Wildman–Crippen MR) is 123 cm³/mol. The Hall–Kier alpha value is -2.42. The lowest BCUT2D eigenvalue weighted by atomic mass is 9.86. The van der Waals surface area contributed by atoms with E-state index in [1.165, 1.54) is 0 Å². The molecule has 0 aliphatic carbocycles. The molecule has 172 valence electrons. The van der Waals surface area contributed by atoms with Crippen molar-refractivity contribution in [2.75, 3.05) is 25.2 Å². The minimum atomic E-state index is -3.09. The van der Waals surface area contributed by atoms with Crippen molar-refractivity contribution in [1.82, 2.24) is 0 Å². The quantitative estimate of drug-likeness (QED) is 0.499. The van der Waals surface area contributed by atoms with Crippen LogP contribution in [0.4, 0.5) is 15.5 Å². The van der Waals surface area contributed by atoms with Crippen LogP contribution in [0.2, 0.25) is 18.6 Å². The van der Waals surface area contributed by atoms with Gasteiger partial charge in [0.2, 0.25) is 8.41 Å². The summed E-state index contributed by atoms with van der Waals surface area (Å²) < 4.78 is 32.9. The van der Waals surface area contributed by atoms with Crippen LogP contribution in [-0.2, 0) is 9.53 Å². The van der Waals surface area contributed by atoms with Gasteiger partial charge in [-0.3, -0.25) is 9.69 Å². The van der Waals surface area contributed by atoms with Crippen LogP contribution >= 0.6 is 0 Å². The fourth-order valence-electron chi connectivity index (χ4n) is 4.93. The van der Waals surface area contributed by atoms with E-state index in [4.69, 9.17) is 14.2 Å². The molecule has 2 aromatic rings. The highest BCUT2D eigenvalue weighted by atomic mass is 28.4. The molecule has 0 aromatic heterocycles. The van der Waals surface area contributed by atoms with E-state index in [9.17, 15) is 9.90 Å². The molecule has 2 aromatic carbocycles. The Morgan fingerprint density at radius 1 is 1.25 bits per heavy atom. The van der Waals surface area contributed by atoms with E-state index in [1.54, 1.807) is 25.1 Å². The van der Waals surface area contributed by atoms with Crippen molar-refractivity contribution >= 4 is 25.7 Å². The minimum Gasteiger partial charge on any atom is -0.490 e. The molecule has 2 aliphatic rings. The van der Waals surface area contributed by atoms with Gasteiger partial charge in [-0.25, -0.2) is 0 Å². The molecule has 0 saturated carbocycles. The summed E-state index contributed by atoms with van der Waals surface area (Å²) in [7, 11) is -1.46. The fourth-order valence-corrected chi connectivity index (χ4v) is 6.90. The molecule has 1 amide bonds. The molecule has 1 N–H and O–H groups in total. The number of carbonyl (C=O) groups is 1. The van der Waals surface area contributed by atoms with Crippen LogP contribution in [0.15, 0.2) is 42.5 Å². The van der Waals surface area contributed by atoms with Crippen molar-refractivity contribution < 1.29 is 28.2 Å². The van der Waals surface area contributed by atoms with Gasteiger partial charge >= 0.3 is 0 Å². The van der Waals surface area contributed by atoms with Crippen LogP contribution in [0.1, 0.15) is 25.0 Å². The SMILES string of the molecule is CO[C@@H]1c2cc(N3C(=O)COc4ccccc43)ccc2O[C@H](C(CCO)[Si](C)(C)F)[C@H]1C. The minimum absolute atomic E-state index is 0.0319. The van der Waals surface area contributed by atoms with E-state index >= 15 is 4.11 Å². The second-order valence-corrected chi connectivity index (χ2v) is 12.9. The summed E-state index contributed by atoms with van der Waals surface area (Å²) in [5, 5.41) is 9.54. The number of aliphatic hydroxyl groups excluding tert-OH is 1. The first kappa shape index (κ1) is 22.8. The molecule has 0 radical (unpaired) electrons. The summed E-state index contributed by atoms with van der Waals surface area (Å²) in [5.41, 5.74) is 1.86. The van der Waals surface area contributed by atoms with Crippen LogP contribution in [0, 0.1) is 5.92 Å². The summed E-state index contributed by atoms with van der Waals surface area (Å²) in [6.07, 6.45) is -0.372. The number of fused-ring (bicyclic) bond motifs is 2. The number of hydrogen-bond acceptors (Lipinski definition) is 5. The zero-order chi connectivity index (χ0) is 23.0. The van der Waals surface area contributed by atoms with E-state index in [-0.39, 0.29) is 36.7 Å². The highest BCUT2D eigenvalue weighted by molar-refractivity contribution is 6.72. The number of nitrogens with zero attached hydrogens (tertiary/aromatic N) is 1. The highest BCUT2D eigenvalue weighted by Gasteiger charge is 2.47. The topological polar surface area (TPSA) is 68.2 Å². The number of hydrogen-bond donors (Lipinski definition) is 1. The maximum Gasteiger partial charge on any atom is 0.269 e. The number of amides is 1. The van der Waals surface area contributed by atoms with Crippen LogP contribution in [0.25, 0.3) is 0 Å². The average Bonchev–Trinajstić information content (AvgIpc) is 2.76. The van der Waals surface area contributed by atoms with Crippen molar-refractivity contribution in [2.24, 2.45) is 5.92 Å². The molecular weight excluding hydrogens is 429 g/mol. The Bertz CT molecular complexity index is 995. The first-order valence-electron chi connectivity index (χ1n) is 10.9. The lowest BCUT2D eigenvalue weighted by Crippen LogP contribution is -2.46. The van der Waals surface area contributed by atoms with Crippen LogP contribution < -0.4 is 14.4 Å². The predicted octanol–water partition coefficient (Wildman–Crippen LogP) is 4.76. The third-order valence-electron chi connectivity index (χ3n) is 6.50. The molecular formula is C24H30FNO5Si. The zero-order valence-corrected chi connectivity index (χ0v) is 19.9. The first-order chi connectivity index (χ1) is 15.3. The molecule has 6 nitrogen and oxygen atoms in total. The smallest absolute Gasteiger partial charge is 0.269 e. The summed E-state index contributed by atoms with van der Waals surface area (Å²) >= 11 is 0. The molecule has 0 fully saturated rings. The van der Waals surface area contributed by atoms with Crippen molar-refractivity contribution in [3.63, 3.8) is 0 Å². The van der Waals surface area contributed by atoms with Gasteiger partial charge in [-0.05, 0) is 49.8 Å². The first-order valence-corrected chi connectivity index (χ1v) is 13.9. The maximum atomic E-state index is 15.1. The van der Waals surface area contributed by atoms with E-state index < -0.39 is 14.5 Å². The van der Waals surface area contributed by atoms with Crippen molar-refractivity contribution in [2.45, 2.75) is 44.2 Å². The van der Waals surface area contributed by atoms with Gasteiger partial charge in [-0.15, -0.1) is 0 Å². The van der Waals surface area contributed by atoms with Crippen molar-refractivity contribution in [3.05, 3.63) is 48.0 Å². The molecule has 2 aliphatic heterocycles. The standard InChI is InChI=1S/C24H30FNO5Si/c1-15-23(29-2)17-13-16(26-18-7-5-6-8-20(18)30-14-22(26)28)9-10-19(17)31-24(15)21(11-12-27)32(3,4)25/h5-10,13,15,21,23-24,27H,11-12,14H2,1-4H3/t15-,21?,23-,24-/m0/s1. The largest absolute Gasteiger partial charge is 0.490 e. The lowest BCUT2D eigenvalue weighted by molar-refractivity contribution is -0.120. The highest BCUT2D eigenvalue weighted by Crippen LogP contribution is 2.49.